The molecule has 0 amide bonds. The number of hydrogen-bond acceptors (Lipinski definition) is 3. The number of hydrogen-bond donors (Lipinski definition) is 1. The van der Waals surface area contributed by atoms with Crippen molar-refractivity contribution in [3.05, 3.63) is 191 Å². The number of pyridine rings is 1. The lowest BCUT2D eigenvalue weighted by atomic mass is 9.68. The summed E-state index contributed by atoms with van der Waals surface area (Å²) in [5.41, 5.74) is 9.09. The molecule has 1 N–H and O–H groups in total. The van der Waals surface area contributed by atoms with Crippen LogP contribution >= 0.6 is 0 Å². The summed E-state index contributed by atoms with van der Waals surface area (Å²) in [5, 5.41) is 12.8. The largest absolute Gasteiger partial charge is 0.507 e. The molecule has 0 saturated heterocycles. The van der Waals surface area contributed by atoms with Crippen LogP contribution in [-0.4, -0.2) is 19.6 Å². The van der Waals surface area contributed by atoms with Crippen LogP contribution in [0.5, 0.6) is 5.75 Å². The topological polar surface area (TPSA) is 50.9 Å². The molecule has 0 spiro atoms. The SMILES string of the molecule is [2H]C([2H])([2H])c1cc(-c2c(C(C)(CC)CC)cccc2C(C)(CC)CC)ccc1-n1c(-c2cc(C(C)(C)C)cc(C(C)(C)C)c2O)nc2c(-c3cc(-c4ccccc4)cc(-c4cc(-c5ccc(C(C([2H])([2H])[2H])(C([2H])([2H])[2H])C([2H])([2H])[2H])cc5)ccn4)c3)cccc21. The van der Waals surface area contributed by atoms with Gasteiger partial charge in [0, 0.05) is 39.3 Å². The van der Waals surface area contributed by atoms with Gasteiger partial charge in [0.1, 0.15) is 11.6 Å². The first-order valence-electron chi connectivity index (χ1n) is 33.4. The number of benzene rings is 7. The zero-order valence-electron chi connectivity index (χ0n) is 59.1. The van der Waals surface area contributed by atoms with Crippen LogP contribution in [0.2, 0.25) is 0 Å². The zero-order valence-corrected chi connectivity index (χ0v) is 47.1. The molecular weight excluding hydrogens is 935 g/mol. The van der Waals surface area contributed by atoms with Crippen LogP contribution in [0.15, 0.2) is 158 Å². The molecule has 9 rings (SSSR count). The van der Waals surface area contributed by atoms with E-state index in [4.69, 9.17) is 22.3 Å². The van der Waals surface area contributed by atoms with Gasteiger partial charge >= 0.3 is 0 Å². The minimum Gasteiger partial charge on any atom is -0.507 e. The Hall–Kier alpha value is -7.04. The number of aromatic hydroxyl groups is 1. The van der Waals surface area contributed by atoms with Gasteiger partial charge in [-0.1, -0.05) is 201 Å². The van der Waals surface area contributed by atoms with Gasteiger partial charge in [-0.05, 0) is 181 Å². The Balaban J connectivity index is 1.33. The Morgan fingerprint density at radius 1 is 0.481 bits per heavy atom. The van der Waals surface area contributed by atoms with Gasteiger partial charge in [-0.15, -0.1) is 0 Å². The van der Waals surface area contributed by atoms with Gasteiger partial charge in [-0.25, -0.2) is 4.98 Å². The van der Waals surface area contributed by atoms with Crippen molar-refractivity contribution in [1.29, 1.82) is 0 Å². The molecule has 2 heterocycles. The Kier molecular flexibility index (Phi) is 11.1. The van der Waals surface area contributed by atoms with Crippen molar-refractivity contribution in [3.63, 3.8) is 0 Å². The Bertz CT molecular complexity index is 4000. The molecule has 77 heavy (non-hydrogen) atoms. The number of rotatable bonds is 13. The molecule has 9 aromatic rings. The van der Waals surface area contributed by atoms with Gasteiger partial charge in [0.05, 0.1) is 28.0 Å². The van der Waals surface area contributed by atoms with Crippen LogP contribution in [0.1, 0.15) is 179 Å². The number of aromatic nitrogens is 3. The van der Waals surface area contributed by atoms with E-state index in [2.05, 4.69) is 119 Å². The molecule has 7 aromatic carbocycles. The molecule has 0 atom stereocenters. The average molecular weight is 1030 g/mol. The fourth-order valence-corrected chi connectivity index (χ4v) is 11.0. The number of phenolic OH excluding ortho intramolecular Hbond substituents is 1. The second-order valence-corrected chi connectivity index (χ2v) is 23.8. The van der Waals surface area contributed by atoms with Crippen molar-refractivity contribution in [2.75, 3.05) is 0 Å². The summed E-state index contributed by atoms with van der Waals surface area (Å²) in [6, 6.07) is 47.8. The summed E-state index contributed by atoms with van der Waals surface area (Å²) in [5.74, 6) is 0.412. The predicted molar refractivity (Wildman–Crippen MR) is 330 cm³/mol. The number of fused-ring (bicyclic) bond motifs is 1. The summed E-state index contributed by atoms with van der Waals surface area (Å²) in [6.07, 6.45) is 5.20. The van der Waals surface area contributed by atoms with Gasteiger partial charge in [0.15, 0.2) is 0 Å². The van der Waals surface area contributed by atoms with Gasteiger partial charge in [0.25, 0.3) is 0 Å². The molecule has 396 valence electrons. The third-order valence-corrected chi connectivity index (χ3v) is 16.8. The highest BCUT2D eigenvalue weighted by Crippen LogP contribution is 2.48. The van der Waals surface area contributed by atoms with Crippen LogP contribution in [-0.2, 0) is 27.1 Å². The summed E-state index contributed by atoms with van der Waals surface area (Å²) < 4.78 is 105. The first kappa shape index (κ1) is 41.1. The third kappa shape index (κ3) is 10.5. The maximum atomic E-state index is 12.8. The lowest BCUT2D eigenvalue weighted by Gasteiger charge is -2.36. The third-order valence-electron chi connectivity index (χ3n) is 16.8. The Morgan fingerprint density at radius 3 is 1.70 bits per heavy atom. The fourth-order valence-electron chi connectivity index (χ4n) is 11.0. The molecule has 0 radical (unpaired) electrons. The molecule has 0 fully saturated rings. The highest BCUT2D eigenvalue weighted by atomic mass is 16.3. The zero-order chi connectivity index (χ0) is 65.4. The molecule has 4 heteroatoms. The van der Waals surface area contributed by atoms with Gasteiger partial charge in [0.2, 0.25) is 0 Å². The predicted octanol–water partition coefficient (Wildman–Crippen LogP) is 20.5. The van der Waals surface area contributed by atoms with E-state index in [1.54, 1.807) is 12.3 Å². The van der Waals surface area contributed by atoms with Crippen molar-refractivity contribution in [2.45, 2.75) is 163 Å². The molecule has 0 saturated carbocycles. The number of imidazole rings is 1. The molecular formula is C73H83N3O. The van der Waals surface area contributed by atoms with E-state index in [9.17, 15) is 9.22 Å². The van der Waals surface area contributed by atoms with Crippen molar-refractivity contribution >= 4 is 11.0 Å². The summed E-state index contributed by atoms with van der Waals surface area (Å²) in [6.45, 7) is 13.2. The van der Waals surface area contributed by atoms with Crippen LogP contribution in [0.25, 0.3) is 83.9 Å². The average Bonchev–Trinajstić information content (AvgIpc) is 1.32. The normalized spacial score (nSPS) is 15.6. The molecule has 0 aliphatic heterocycles. The molecule has 0 bridgehead atoms. The molecule has 0 unspecified atom stereocenters. The van der Waals surface area contributed by atoms with Gasteiger partial charge in [-0.3, -0.25) is 9.55 Å². The lowest BCUT2D eigenvalue weighted by molar-refractivity contribution is 0.426. The van der Waals surface area contributed by atoms with Crippen molar-refractivity contribution in [3.8, 4) is 78.6 Å². The van der Waals surface area contributed by atoms with Crippen molar-refractivity contribution < 1.29 is 21.6 Å². The van der Waals surface area contributed by atoms with E-state index in [1.165, 1.54) is 35.4 Å². The van der Waals surface area contributed by atoms with Gasteiger partial charge in [-0.2, -0.15) is 0 Å². The van der Waals surface area contributed by atoms with Crippen LogP contribution in [0, 0.1) is 6.85 Å². The minimum absolute atomic E-state index is 0.0474. The first-order chi connectivity index (χ1) is 41.4. The van der Waals surface area contributed by atoms with E-state index in [1.807, 2.05) is 89.5 Å². The smallest absolute Gasteiger partial charge is 0.149 e. The maximum absolute atomic E-state index is 12.8. The summed E-state index contributed by atoms with van der Waals surface area (Å²) >= 11 is 0. The van der Waals surface area contributed by atoms with Crippen LogP contribution in [0.4, 0.5) is 0 Å². The highest BCUT2D eigenvalue weighted by Gasteiger charge is 2.34. The number of para-hydroxylation sites is 1. The van der Waals surface area contributed by atoms with E-state index in [-0.39, 0.29) is 33.1 Å². The molecule has 4 nitrogen and oxygen atoms in total. The van der Waals surface area contributed by atoms with E-state index >= 15 is 0 Å². The van der Waals surface area contributed by atoms with E-state index in [0.29, 0.717) is 44.9 Å². The number of aryl methyl sites for hydroxylation is 1. The fraction of sp³-hybridized carbons (Fsp3) is 0.342. The van der Waals surface area contributed by atoms with Crippen molar-refractivity contribution in [2.24, 2.45) is 0 Å². The standard InChI is InChI=1S/C73H83N3O/c1-17-72(15,18-2)59-29-25-30-60(73(16,19-3)20-4)65(59)51-34-37-63(47(5)40-51)76-64-31-24-28-57(66(64)75-68(76)58-45-56(70(9,10)11)46-61(67(58)77)71(12,13)14)53-41-52(48-26-22-21-23-27-48)42-54(43-53)62-44-50(38-39-74-62)49-32-35-55(36-33-49)69(6,7)8/h21-46,77H,17-20H2,1-16H3/i5D3,6D3,7D3,8D3. The maximum Gasteiger partial charge on any atom is 0.149 e. The first-order valence-corrected chi connectivity index (χ1v) is 27.4. The quantitative estimate of drug-likeness (QED) is 0.125. The second-order valence-electron chi connectivity index (χ2n) is 23.8. The van der Waals surface area contributed by atoms with Crippen LogP contribution in [0.3, 0.4) is 0 Å². The highest BCUT2D eigenvalue weighted by molar-refractivity contribution is 5.98. The second kappa shape index (κ2) is 20.7. The summed E-state index contributed by atoms with van der Waals surface area (Å²) in [4.78, 5) is 10.5. The van der Waals surface area contributed by atoms with Crippen molar-refractivity contribution in [1.82, 2.24) is 14.5 Å². The van der Waals surface area contributed by atoms with E-state index < -0.39 is 38.2 Å². The number of phenols is 1. The molecule has 0 aliphatic carbocycles. The monoisotopic (exact) mass is 1030 g/mol. The number of nitrogens with zero attached hydrogens (tertiary/aromatic N) is 3. The lowest BCUT2D eigenvalue weighted by Crippen LogP contribution is -2.25. The summed E-state index contributed by atoms with van der Waals surface area (Å²) in [7, 11) is 0. The van der Waals surface area contributed by atoms with E-state index in [0.717, 1.165) is 75.8 Å². The minimum atomic E-state index is -3.41. The Morgan fingerprint density at radius 2 is 1.09 bits per heavy atom. The molecule has 2 aromatic heterocycles. The van der Waals surface area contributed by atoms with Crippen LogP contribution < -0.4 is 0 Å². The Labute approximate surface area is 478 Å². The van der Waals surface area contributed by atoms with Gasteiger partial charge < -0.3 is 5.11 Å². The molecule has 0 aliphatic rings.